The van der Waals surface area contributed by atoms with Gasteiger partial charge >= 0.3 is 5.97 Å². The normalized spacial score (nSPS) is 18.3. The van der Waals surface area contributed by atoms with E-state index >= 15 is 0 Å². The highest BCUT2D eigenvalue weighted by Gasteiger charge is 2.40. The molecular formula is C32H27NO3. The Morgan fingerprint density at radius 2 is 1.58 bits per heavy atom. The number of carbonyl (C=O) groups excluding carboxylic acids is 2. The van der Waals surface area contributed by atoms with Crippen LogP contribution < -0.4 is 10.1 Å². The van der Waals surface area contributed by atoms with Crippen molar-refractivity contribution < 1.29 is 14.3 Å². The molecule has 6 rings (SSSR count). The van der Waals surface area contributed by atoms with Gasteiger partial charge in [0.2, 0.25) is 0 Å². The van der Waals surface area contributed by atoms with Crippen molar-refractivity contribution in [1.82, 2.24) is 0 Å². The second-order valence-corrected chi connectivity index (χ2v) is 10.4. The van der Waals surface area contributed by atoms with Gasteiger partial charge in [-0.05, 0) is 64.1 Å². The maximum atomic E-state index is 13.6. The fourth-order valence-electron chi connectivity index (χ4n) is 5.56. The van der Waals surface area contributed by atoms with E-state index in [0.29, 0.717) is 17.7 Å². The van der Waals surface area contributed by atoms with Crippen molar-refractivity contribution in [1.29, 1.82) is 0 Å². The molecule has 4 nitrogen and oxygen atoms in total. The molecule has 36 heavy (non-hydrogen) atoms. The third-order valence-corrected chi connectivity index (χ3v) is 7.17. The number of hydrogen-bond acceptors (Lipinski definition) is 4. The van der Waals surface area contributed by atoms with Crippen LogP contribution in [0.15, 0.2) is 96.6 Å². The van der Waals surface area contributed by atoms with Gasteiger partial charge in [-0.15, -0.1) is 0 Å². The fourth-order valence-corrected chi connectivity index (χ4v) is 5.56. The van der Waals surface area contributed by atoms with E-state index in [9.17, 15) is 9.59 Å². The van der Waals surface area contributed by atoms with Crippen LogP contribution >= 0.6 is 0 Å². The highest BCUT2D eigenvalue weighted by Crippen LogP contribution is 2.52. The highest BCUT2D eigenvalue weighted by atomic mass is 16.5. The third kappa shape index (κ3) is 3.89. The molecule has 0 saturated carbocycles. The standard InChI is InChI=1S/C32H27NO3/c1-32(2)18-25-28-24-11-7-6-8-20(24)14-17-26(28)33-30(29(25)27(34)19-32)21-12-15-23(16-13-21)36-31(35)22-9-4-3-5-10-22/h3-17,30,33H,18-19H2,1-2H3/t30-/m0/s1. The molecule has 0 bridgehead atoms. The molecule has 1 heterocycles. The summed E-state index contributed by atoms with van der Waals surface area (Å²) in [6.07, 6.45) is 1.37. The number of ether oxygens (including phenoxy) is 1. The van der Waals surface area contributed by atoms with E-state index in [1.165, 1.54) is 10.8 Å². The average Bonchev–Trinajstić information content (AvgIpc) is 2.88. The topological polar surface area (TPSA) is 55.4 Å². The number of anilines is 1. The van der Waals surface area contributed by atoms with Gasteiger partial charge in [-0.1, -0.05) is 74.5 Å². The van der Waals surface area contributed by atoms with E-state index in [1.54, 1.807) is 24.3 Å². The molecule has 1 aliphatic carbocycles. The molecule has 4 aromatic rings. The first-order valence-electron chi connectivity index (χ1n) is 12.3. The number of nitrogens with one attached hydrogen (secondary N) is 1. The zero-order chi connectivity index (χ0) is 24.9. The number of rotatable bonds is 3. The van der Waals surface area contributed by atoms with Crippen LogP contribution in [0.5, 0.6) is 5.75 Å². The maximum absolute atomic E-state index is 13.6. The zero-order valence-electron chi connectivity index (χ0n) is 20.4. The molecule has 2 aliphatic rings. The first kappa shape index (κ1) is 22.3. The molecule has 0 amide bonds. The molecule has 178 valence electrons. The van der Waals surface area contributed by atoms with Crippen molar-refractivity contribution in [3.8, 4) is 5.75 Å². The van der Waals surface area contributed by atoms with Gasteiger partial charge in [0, 0.05) is 23.2 Å². The molecule has 0 saturated heterocycles. The summed E-state index contributed by atoms with van der Waals surface area (Å²) in [5.74, 6) is 0.270. The van der Waals surface area contributed by atoms with Crippen LogP contribution in [0.4, 0.5) is 5.69 Å². The van der Waals surface area contributed by atoms with Crippen molar-refractivity contribution in [2.45, 2.75) is 32.7 Å². The highest BCUT2D eigenvalue weighted by molar-refractivity contribution is 6.12. The summed E-state index contributed by atoms with van der Waals surface area (Å²) in [7, 11) is 0. The zero-order valence-corrected chi connectivity index (χ0v) is 20.4. The van der Waals surface area contributed by atoms with Crippen LogP contribution in [-0.2, 0) is 4.79 Å². The van der Waals surface area contributed by atoms with Crippen LogP contribution in [0.2, 0.25) is 0 Å². The quantitative estimate of drug-likeness (QED) is 0.249. The molecule has 1 N–H and O–H groups in total. The monoisotopic (exact) mass is 473 g/mol. The summed E-state index contributed by atoms with van der Waals surface area (Å²) in [6.45, 7) is 4.35. The average molecular weight is 474 g/mol. The van der Waals surface area contributed by atoms with Crippen molar-refractivity contribution in [3.63, 3.8) is 0 Å². The van der Waals surface area contributed by atoms with Gasteiger partial charge < -0.3 is 10.1 Å². The molecule has 0 fully saturated rings. The van der Waals surface area contributed by atoms with E-state index in [-0.39, 0.29) is 17.2 Å². The number of Topliss-reactive ketones (excluding diaryl/α,β-unsaturated/α-hetero) is 1. The van der Waals surface area contributed by atoms with Gasteiger partial charge in [-0.25, -0.2) is 4.79 Å². The summed E-state index contributed by atoms with van der Waals surface area (Å²) in [4.78, 5) is 26.0. The molecule has 1 aliphatic heterocycles. The van der Waals surface area contributed by atoms with E-state index in [1.807, 2.05) is 36.4 Å². The number of hydrogen-bond donors (Lipinski definition) is 1. The van der Waals surface area contributed by atoms with Crippen molar-refractivity contribution in [2.75, 3.05) is 5.32 Å². The fraction of sp³-hybridized carbons (Fsp3) is 0.188. The lowest BCUT2D eigenvalue weighted by atomic mass is 9.68. The minimum absolute atomic E-state index is 0.0957. The van der Waals surface area contributed by atoms with Crippen LogP contribution in [-0.4, -0.2) is 11.8 Å². The predicted molar refractivity (Wildman–Crippen MR) is 143 cm³/mol. The lowest BCUT2D eigenvalue weighted by Gasteiger charge is -2.40. The number of fused-ring (bicyclic) bond motifs is 4. The number of ketones is 1. The minimum Gasteiger partial charge on any atom is -0.423 e. The van der Waals surface area contributed by atoms with Crippen LogP contribution in [0.3, 0.4) is 0 Å². The molecule has 0 spiro atoms. The number of allylic oxidation sites excluding steroid dienone is 1. The number of carbonyl (C=O) groups is 2. The van der Waals surface area contributed by atoms with Gasteiger partial charge in [0.05, 0.1) is 11.6 Å². The Morgan fingerprint density at radius 1 is 0.861 bits per heavy atom. The first-order chi connectivity index (χ1) is 17.4. The van der Waals surface area contributed by atoms with Crippen molar-refractivity contribution in [2.24, 2.45) is 5.41 Å². The SMILES string of the molecule is CC1(C)CC(=O)C2=C(C1)c1c(ccc3ccccc13)N[C@H]2c1ccc(OC(=O)c2ccccc2)cc1. The van der Waals surface area contributed by atoms with Gasteiger partial charge in [0.15, 0.2) is 5.78 Å². The lowest BCUT2D eigenvalue weighted by molar-refractivity contribution is -0.118. The van der Waals surface area contributed by atoms with E-state index in [2.05, 4.69) is 49.5 Å². The lowest BCUT2D eigenvalue weighted by Crippen LogP contribution is -2.33. The van der Waals surface area contributed by atoms with E-state index in [4.69, 9.17) is 4.74 Å². The molecule has 1 atom stereocenters. The Labute approximate surface area is 210 Å². The predicted octanol–water partition coefficient (Wildman–Crippen LogP) is 7.37. The Kier molecular flexibility index (Phi) is 5.26. The van der Waals surface area contributed by atoms with Crippen molar-refractivity contribution >= 4 is 33.8 Å². The summed E-state index contributed by atoms with van der Waals surface area (Å²) in [5, 5.41) is 6.00. The largest absolute Gasteiger partial charge is 0.423 e. The first-order valence-corrected chi connectivity index (χ1v) is 12.3. The molecule has 0 radical (unpaired) electrons. The summed E-state index contributed by atoms with van der Waals surface area (Å²) in [6, 6.07) is 28.8. The molecule has 4 aromatic carbocycles. The number of benzene rings is 4. The summed E-state index contributed by atoms with van der Waals surface area (Å²) < 4.78 is 5.56. The summed E-state index contributed by atoms with van der Waals surface area (Å²) >= 11 is 0. The number of esters is 1. The Bertz CT molecular complexity index is 1530. The van der Waals surface area contributed by atoms with Crippen LogP contribution in [0.25, 0.3) is 16.3 Å². The molecule has 4 heteroatoms. The molecule has 0 aromatic heterocycles. The Hall–Kier alpha value is -4.18. The Morgan fingerprint density at radius 3 is 2.36 bits per heavy atom. The molecule has 0 unspecified atom stereocenters. The Balaban J connectivity index is 1.40. The van der Waals surface area contributed by atoms with Gasteiger partial charge in [0.25, 0.3) is 0 Å². The van der Waals surface area contributed by atoms with Crippen LogP contribution in [0.1, 0.15) is 54.2 Å². The van der Waals surface area contributed by atoms with Gasteiger partial charge in [0.1, 0.15) is 5.75 Å². The van der Waals surface area contributed by atoms with E-state index < -0.39 is 5.97 Å². The minimum atomic E-state index is -0.394. The summed E-state index contributed by atoms with van der Waals surface area (Å²) in [5.41, 5.74) is 5.56. The van der Waals surface area contributed by atoms with Crippen LogP contribution in [0, 0.1) is 5.41 Å². The third-order valence-electron chi connectivity index (χ3n) is 7.17. The van der Waals surface area contributed by atoms with Crippen molar-refractivity contribution in [3.05, 3.63) is 113 Å². The smallest absolute Gasteiger partial charge is 0.343 e. The van der Waals surface area contributed by atoms with Gasteiger partial charge in [-0.2, -0.15) is 0 Å². The second kappa shape index (κ2) is 8.49. The maximum Gasteiger partial charge on any atom is 0.343 e. The van der Waals surface area contributed by atoms with Gasteiger partial charge in [-0.3, -0.25) is 4.79 Å². The molecular weight excluding hydrogens is 446 g/mol. The van der Waals surface area contributed by atoms with E-state index in [0.717, 1.165) is 34.4 Å². The second-order valence-electron chi connectivity index (χ2n) is 10.4.